The maximum atomic E-state index is 10.1. The zero-order valence-electron chi connectivity index (χ0n) is 12.0. The molecule has 2 heterocycles. The summed E-state index contributed by atoms with van der Waals surface area (Å²) in [5.41, 5.74) is 2.12. The molecule has 2 aliphatic heterocycles. The van der Waals surface area contributed by atoms with Crippen LogP contribution in [0.3, 0.4) is 0 Å². The van der Waals surface area contributed by atoms with Gasteiger partial charge in [-0.1, -0.05) is 26.8 Å². The highest BCUT2D eigenvalue weighted by Crippen LogP contribution is 2.45. The van der Waals surface area contributed by atoms with Gasteiger partial charge in [-0.2, -0.15) is 0 Å². The lowest BCUT2D eigenvalue weighted by molar-refractivity contribution is -0.0954. The van der Waals surface area contributed by atoms with Gasteiger partial charge in [0.05, 0.1) is 5.60 Å². The molecule has 2 unspecified atom stereocenters. The second-order valence-corrected chi connectivity index (χ2v) is 6.71. The molecule has 1 aromatic carbocycles. The van der Waals surface area contributed by atoms with Crippen molar-refractivity contribution in [2.75, 3.05) is 5.32 Å². The Labute approximate surface area is 110 Å². The number of anilines is 2. The minimum Gasteiger partial charge on any atom is -0.390 e. The Kier molecular flexibility index (Phi) is 3.41. The highest BCUT2D eigenvalue weighted by atomic mass is 16.3. The smallest absolute Gasteiger partial charge is 0.0673 e. The molecule has 18 heavy (non-hydrogen) atoms. The quantitative estimate of drug-likeness (QED) is 0.726. The zero-order chi connectivity index (χ0) is 13.4. The Bertz CT molecular complexity index is 398. The van der Waals surface area contributed by atoms with Crippen LogP contribution in [0.4, 0.5) is 11.4 Å². The lowest BCUT2D eigenvalue weighted by Gasteiger charge is -2.46. The van der Waals surface area contributed by atoms with E-state index in [0.717, 1.165) is 12.8 Å². The van der Waals surface area contributed by atoms with E-state index in [9.17, 15) is 5.11 Å². The monoisotopic (exact) mass is 247 g/mol. The van der Waals surface area contributed by atoms with Crippen LogP contribution in [-0.2, 0) is 0 Å². The molecule has 2 N–H and O–H groups in total. The van der Waals surface area contributed by atoms with Gasteiger partial charge in [-0.05, 0) is 55.7 Å². The molecule has 4 rings (SSSR count). The molecule has 3 aliphatic rings. The summed E-state index contributed by atoms with van der Waals surface area (Å²) in [7, 11) is 0. The first kappa shape index (κ1) is 13.4. The average Bonchev–Trinajstić information content (AvgIpc) is 2.25. The third-order valence-corrected chi connectivity index (χ3v) is 4.62. The van der Waals surface area contributed by atoms with Gasteiger partial charge in [0.2, 0.25) is 0 Å². The molecular formula is C16H25NO. The average molecular weight is 247 g/mol. The molecule has 2 nitrogen and oxygen atoms in total. The van der Waals surface area contributed by atoms with Crippen molar-refractivity contribution in [3.05, 3.63) is 24.3 Å². The Morgan fingerprint density at radius 1 is 1.22 bits per heavy atom. The molecule has 0 amide bonds. The number of nitrogens with one attached hydrogen (secondary N) is 1. The maximum Gasteiger partial charge on any atom is 0.0673 e. The van der Waals surface area contributed by atoms with Crippen LogP contribution in [0.15, 0.2) is 24.3 Å². The van der Waals surface area contributed by atoms with E-state index in [1.165, 1.54) is 17.8 Å². The Balaban J connectivity index is 0.000000146. The molecule has 1 aromatic rings. The van der Waals surface area contributed by atoms with Gasteiger partial charge in [0, 0.05) is 11.4 Å². The van der Waals surface area contributed by atoms with E-state index in [4.69, 9.17) is 0 Å². The topological polar surface area (TPSA) is 32.3 Å². The zero-order valence-corrected chi connectivity index (χ0v) is 12.0. The van der Waals surface area contributed by atoms with E-state index in [-0.39, 0.29) is 5.41 Å². The third-order valence-electron chi connectivity index (χ3n) is 4.62. The van der Waals surface area contributed by atoms with Crippen LogP contribution in [-0.4, -0.2) is 10.7 Å². The van der Waals surface area contributed by atoms with E-state index in [0.29, 0.717) is 5.92 Å². The van der Waals surface area contributed by atoms with Gasteiger partial charge < -0.3 is 10.4 Å². The lowest BCUT2D eigenvalue weighted by Crippen LogP contribution is -2.46. The summed E-state index contributed by atoms with van der Waals surface area (Å²) in [6, 6.07) is 8.25. The van der Waals surface area contributed by atoms with Gasteiger partial charge in [0.25, 0.3) is 0 Å². The summed E-state index contributed by atoms with van der Waals surface area (Å²) in [5, 5.41) is 13.2. The largest absolute Gasteiger partial charge is 0.390 e. The minimum atomic E-state index is -0.454. The Hall–Kier alpha value is -1.02. The van der Waals surface area contributed by atoms with Crippen LogP contribution in [0, 0.1) is 11.3 Å². The van der Waals surface area contributed by atoms with Gasteiger partial charge in [0.1, 0.15) is 0 Å². The van der Waals surface area contributed by atoms with Gasteiger partial charge in [-0.15, -0.1) is 0 Å². The molecule has 2 atom stereocenters. The number of hydrogen-bond acceptors (Lipinski definition) is 2. The molecule has 2 bridgehead atoms. The summed E-state index contributed by atoms with van der Waals surface area (Å²) in [5.74, 6) is 0.693. The van der Waals surface area contributed by atoms with Crippen LogP contribution in [0.5, 0.6) is 0 Å². The highest BCUT2D eigenvalue weighted by molar-refractivity contribution is 5.73. The second-order valence-electron chi connectivity index (χ2n) is 6.71. The van der Waals surface area contributed by atoms with Crippen molar-refractivity contribution in [1.82, 2.24) is 0 Å². The number of benzene rings is 1. The number of fused-ring (bicyclic) bond motifs is 2. The van der Waals surface area contributed by atoms with Crippen LogP contribution in [0.25, 0.3) is 0 Å². The van der Waals surface area contributed by atoms with Crippen molar-refractivity contribution in [3.63, 3.8) is 0 Å². The van der Waals surface area contributed by atoms with E-state index in [1.54, 1.807) is 0 Å². The second kappa shape index (κ2) is 4.58. The number of rotatable bonds is 0. The third kappa shape index (κ3) is 2.69. The molecule has 0 spiro atoms. The molecule has 1 aliphatic carbocycles. The predicted octanol–water partition coefficient (Wildman–Crippen LogP) is 4.33. The first-order chi connectivity index (χ1) is 8.30. The SMILES string of the molecule is CC1CCC(C)(C)C(C)(O)C1.c1cc2cc(c1)N2. The fourth-order valence-electron chi connectivity index (χ4n) is 2.70. The molecule has 1 saturated carbocycles. The molecule has 0 saturated heterocycles. The minimum absolute atomic E-state index is 0.111. The number of hydrogen-bond donors (Lipinski definition) is 2. The van der Waals surface area contributed by atoms with Gasteiger partial charge in [-0.3, -0.25) is 0 Å². The summed E-state index contributed by atoms with van der Waals surface area (Å²) < 4.78 is 0. The predicted molar refractivity (Wildman–Crippen MR) is 77.1 cm³/mol. The van der Waals surface area contributed by atoms with Crippen LogP contribution in [0.2, 0.25) is 0 Å². The number of aliphatic hydroxyl groups is 1. The van der Waals surface area contributed by atoms with Crippen molar-refractivity contribution >= 4 is 11.4 Å². The summed E-state index contributed by atoms with van der Waals surface area (Å²) in [4.78, 5) is 0. The molecule has 0 aromatic heterocycles. The maximum absolute atomic E-state index is 10.1. The van der Waals surface area contributed by atoms with Gasteiger partial charge in [0.15, 0.2) is 0 Å². The standard InChI is InChI=1S/C10H20O.C6H5N/c1-8-5-6-9(2,3)10(4,11)7-8;1-2-5-4-6(3-1)7-5/h8,11H,5-7H2,1-4H3;1-4,7H. The van der Waals surface area contributed by atoms with Crippen LogP contribution < -0.4 is 5.32 Å². The Morgan fingerprint density at radius 3 is 2.06 bits per heavy atom. The van der Waals surface area contributed by atoms with Gasteiger partial charge >= 0.3 is 0 Å². The van der Waals surface area contributed by atoms with Crippen molar-refractivity contribution in [2.24, 2.45) is 11.3 Å². The molecular weight excluding hydrogens is 222 g/mol. The van der Waals surface area contributed by atoms with Crippen LogP contribution >= 0.6 is 0 Å². The molecule has 1 fully saturated rings. The van der Waals surface area contributed by atoms with Crippen molar-refractivity contribution in [1.29, 1.82) is 0 Å². The van der Waals surface area contributed by atoms with Crippen molar-refractivity contribution in [2.45, 2.75) is 52.6 Å². The normalized spacial score (nSPS) is 31.5. The van der Waals surface area contributed by atoms with E-state index < -0.39 is 5.60 Å². The van der Waals surface area contributed by atoms with E-state index in [2.05, 4.69) is 32.2 Å². The van der Waals surface area contributed by atoms with E-state index >= 15 is 0 Å². The highest BCUT2D eigenvalue weighted by Gasteiger charge is 2.43. The fraction of sp³-hybridized carbons (Fsp3) is 0.625. The first-order valence-corrected chi connectivity index (χ1v) is 6.90. The molecule has 100 valence electrons. The molecule has 2 heteroatoms. The molecule has 0 radical (unpaired) electrons. The summed E-state index contributed by atoms with van der Waals surface area (Å²) >= 11 is 0. The van der Waals surface area contributed by atoms with Crippen molar-refractivity contribution < 1.29 is 5.11 Å². The summed E-state index contributed by atoms with van der Waals surface area (Å²) in [6.07, 6.45) is 3.38. The Morgan fingerprint density at radius 2 is 1.78 bits per heavy atom. The fourth-order valence-corrected chi connectivity index (χ4v) is 2.70. The lowest BCUT2D eigenvalue weighted by atomic mass is 9.63. The van der Waals surface area contributed by atoms with Gasteiger partial charge in [-0.25, -0.2) is 0 Å². The van der Waals surface area contributed by atoms with Crippen LogP contribution in [0.1, 0.15) is 47.0 Å². The van der Waals surface area contributed by atoms with Crippen molar-refractivity contribution in [3.8, 4) is 0 Å². The van der Waals surface area contributed by atoms with E-state index in [1.807, 2.05) is 25.1 Å². The summed E-state index contributed by atoms with van der Waals surface area (Å²) in [6.45, 7) is 8.53. The first-order valence-electron chi connectivity index (χ1n) is 6.90.